The molecule has 1 fully saturated rings. The third-order valence-corrected chi connectivity index (χ3v) is 8.83. The molecule has 300 valence electrons. The van der Waals surface area contributed by atoms with Crippen LogP contribution in [0.2, 0.25) is 0 Å². The van der Waals surface area contributed by atoms with E-state index in [0.29, 0.717) is 25.0 Å². The molecular formula is C43H69O9P. The zero-order chi connectivity index (χ0) is 38.7. The molecule has 3 atom stereocenters. The van der Waals surface area contributed by atoms with Crippen molar-refractivity contribution in [3.63, 3.8) is 0 Å². The maximum Gasteiger partial charge on any atom is 0.469 e. The molecule has 1 saturated heterocycles. The van der Waals surface area contributed by atoms with Crippen molar-refractivity contribution >= 4 is 19.8 Å². The highest BCUT2D eigenvalue weighted by atomic mass is 31.2. The van der Waals surface area contributed by atoms with E-state index in [-0.39, 0.29) is 19.4 Å². The molecule has 1 heterocycles. The van der Waals surface area contributed by atoms with Crippen molar-refractivity contribution in [3.8, 4) is 0 Å². The number of ether oxygens (including phenoxy) is 3. The van der Waals surface area contributed by atoms with Gasteiger partial charge in [-0.3, -0.25) is 14.1 Å². The van der Waals surface area contributed by atoms with Crippen LogP contribution in [0, 0.1) is 0 Å². The predicted octanol–water partition coefficient (Wildman–Crippen LogP) is 11.1. The van der Waals surface area contributed by atoms with E-state index in [1.54, 1.807) is 0 Å². The van der Waals surface area contributed by atoms with E-state index in [4.69, 9.17) is 24.0 Å². The lowest BCUT2D eigenvalue weighted by Crippen LogP contribution is -2.29. The molecule has 1 rings (SSSR count). The van der Waals surface area contributed by atoms with Crippen molar-refractivity contribution in [1.82, 2.24) is 0 Å². The van der Waals surface area contributed by atoms with Gasteiger partial charge in [-0.2, -0.15) is 0 Å². The van der Waals surface area contributed by atoms with E-state index < -0.39 is 32.5 Å². The molecule has 0 aromatic heterocycles. The van der Waals surface area contributed by atoms with Crippen molar-refractivity contribution in [2.24, 2.45) is 0 Å². The number of allylic oxidation sites excluding steroid dienone is 12. The van der Waals surface area contributed by atoms with Crippen molar-refractivity contribution in [2.45, 2.75) is 161 Å². The van der Waals surface area contributed by atoms with Gasteiger partial charge in [0.1, 0.15) is 6.61 Å². The van der Waals surface area contributed by atoms with Crippen LogP contribution in [0.1, 0.15) is 142 Å². The lowest BCUT2D eigenvalue weighted by atomic mass is 10.1. The molecule has 53 heavy (non-hydrogen) atoms. The lowest BCUT2D eigenvalue weighted by Gasteiger charge is -2.18. The van der Waals surface area contributed by atoms with Crippen LogP contribution < -0.4 is 0 Å². The van der Waals surface area contributed by atoms with Crippen molar-refractivity contribution in [2.75, 3.05) is 13.2 Å². The molecule has 0 aromatic rings. The summed E-state index contributed by atoms with van der Waals surface area (Å²) in [6.07, 6.45) is 47.8. The second-order valence-electron chi connectivity index (χ2n) is 13.3. The maximum atomic E-state index is 12.4. The molecule has 0 radical (unpaired) electrons. The fraction of sp³-hybridized carbons (Fsp3) is 0.628. The summed E-state index contributed by atoms with van der Waals surface area (Å²) in [7, 11) is -4.78. The third kappa shape index (κ3) is 33.5. The average Bonchev–Trinajstić information content (AvgIpc) is 3.88. The molecule has 10 heteroatoms. The number of phosphoric ester groups is 1. The minimum Gasteiger partial charge on any atom is -0.462 e. The Morgan fingerprint density at radius 2 is 1.17 bits per heavy atom. The lowest BCUT2D eigenvalue weighted by molar-refractivity contribution is -0.161. The summed E-state index contributed by atoms with van der Waals surface area (Å²) in [6.45, 7) is 3.45. The standard InChI is InChI=1S/C43H69O9P/c1-3-5-7-8-9-10-11-12-13-14-19-22-25-28-32-36-43(45)51-39(38-50-53(46,47)48)37-49-42(44)35-31-27-24-21-18-16-15-17-20-23-26-30-34-41-40(52-41)33-29-6-4-2/h6,10-13,16-18,20,24,26-27,29-30,39-41H,3-5,7-9,14-15,19,21-23,25,28,31-38H2,1-2H3,(H2,46,47,48)/b11-10-,13-12-,18-16-,20-17-,27-24-,29-6-,30-26-/t39-,40?,41?/m1/s1. The Balaban J connectivity index is 2.15. The smallest absolute Gasteiger partial charge is 0.462 e. The van der Waals surface area contributed by atoms with E-state index in [1.165, 1.54) is 25.7 Å². The van der Waals surface area contributed by atoms with Gasteiger partial charge in [0.25, 0.3) is 0 Å². The number of hydrogen-bond donors (Lipinski definition) is 2. The van der Waals surface area contributed by atoms with Crippen molar-refractivity contribution < 1.29 is 42.7 Å². The monoisotopic (exact) mass is 760 g/mol. The predicted molar refractivity (Wildman–Crippen MR) is 215 cm³/mol. The maximum absolute atomic E-state index is 12.4. The summed E-state index contributed by atoms with van der Waals surface area (Å²) >= 11 is 0. The second kappa shape index (κ2) is 33.7. The van der Waals surface area contributed by atoms with Crippen LogP contribution in [0.3, 0.4) is 0 Å². The van der Waals surface area contributed by atoms with E-state index in [9.17, 15) is 14.2 Å². The number of epoxide rings is 1. The van der Waals surface area contributed by atoms with Gasteiger partial charge in [-0.05, 0) is 77.0 Å². The molecule has 9 nitrogen and oxygen atoms in total. The van der Waals surface area contributed by atoms with Gasteiger partial charge in [0.05, 0.1) is 18.8 Å². The van der Waals surface area contributed by atoms with Gasteiger partial charge < -0.3 is 24.0 Å². The Kier molecular flexibility index (Phi) is 30.7. The minimum absolute atomic E-state index is 0.130. The van der Waals surface area contributed by atoms with Gasteiger partial charge in [-0.25, -0.2) is 4.57 Å². The van der Waals surface area contributed by atoms with E-state index in [1.807, 2.05) is 12.2 Å². The molecule has 1 aliphatic rings. The summed E-state index contributed by atoms with van der Waals surface area (Å²) in [6, 6.07) is 0. The second-order valence-corrected chi connectivity index (χ2v) is 14.5. The quantitative estimate of drug-likeness (QED) is 0.0164. The topological polar surface area (TPSA) is 132 Å². The third-order valence-electron chi connectivity index (χ3n) is 8.34. The number of carbonyl (C=O) groups is 2. The van der Waals surface area contributed by atoms with Gasteiger partial charge in [-0.15, -0.1) is 0 Å². The molecule has 0 aliphatic carbocycles. The first-order valence-electron chi connectivity index (χ1n) is 20.0. The Morgan fingerprint density at radius 3 is 1.77 bits per heavy atom. The zero-order valence-electron chi connectivity index (χ0n) is 32.6. The van der Waals surface area contributed by atoms with E-state index >= 15 is 0 Å². The number of esters is 2. The molecular weight excluding hydrogens is 691 g/mol. The fourth-order valence-corrected chi connectivity index (χ4v) is 5.61. The zero-order valence-corrected chi connectivity index (χ0v) is 33.5. The van der Waals surface area contributed by atoms with Gasteiger partial charge in [-0.1, -0.05) is 137 Å². The normalized spacial score (nSPS) is 17.2. The first-order valence-corrected chi connectivity index (χ1v) is 21.5. The molecule has 0 saturated carbocycles. The first kappa shape index (κ1) is 48.2. The highest BCUT2D eigenvalue weighted by molar-refractivity contribution is 7.46. The van der Waals surface area contributed by atoms with Gasteiger partial charge >= 0.3 is 19.8 Å². The summed E-state index contributed by atoms with van der Waals surface area (Å²) in [5.74, 6) is -1.01. The molecule has 2 N–H and O–H groups in total. The van der Waals surface area contributed by atoms with Crippen LogP contribution in [0.15, 0.2) is 85.1 Å². The Morgan fingerprint density at radius 1 is 0.623 bits per heavy atom. The number of carbonyl (C=O) groups excluding carboxylic acids is 2. The number of hydrogen-bond acceptors (Lipinski definition) is 7. The summed E-state index contributed by atoms with van der Waals surface area (Å²) in [5.41, 5.74) is 0. The van der Waals surface area contributed by atoms with E-state index in [2.05, 4.69) is 91.3 Å². The average molecular weight is 761 g/mol. The highest BCUT2D eigenvalue weighted by Crippen LogP contribution is 2.36. The highest BCUT2D eigenvalue weighted by Gasteiger charge is 2.35. The largest absolute Gasteiger partial charge is 0.469 e. The molecule has 0 spiro atoms. The fourth-order valence-electron chi connectivity index (χ4n) is 5.25. The van der Waals surface area contributed by atoms with Crippen LogP contribution in [0.5, 0.6) is 0 Å². The molecule has 0 bridgehead atoms. The number of rotatable bonds is 34. The number of unbranched alkanes of at least 4 members (excludes halogenated alkanes) is 9. The Labute approximate surface area is 320 Å². The Hall–Kier alpha value is -2.81. The summed E-state index contributed by atoms with van der Waals surface area (Å²) in [5, 5.41) is 0. The van der Waals surface area contributed by atoms with Gasteiger partial charge in [0.15, 0.2) is 6.10 Å². The minimum atomic E-state index is -4.78. The molecule has 2 unspecified atom stereocenters. The number of phosphoric acid groups is 1. The molecule has 0 amide bonds. The molecule has 0 aromatic carbocycles. The van der Waals surface area contributed by atoms with Gasteiger partial charge in [0.2, 0.25) is 0 Å². The van der Waals surface area contributed by atoms with Gasteiger partial charge in [0, 0.05) is 12.8 Å². The molecule has 1 aliphatic heterocycles. The van der Waals surface area contributed by atoms with E-state index in [0.717, 1.165) is 77.0 Å². The first-order chi connectivity index (χ1) is 25.7. The van der Waals surface area contributed by atoms with Crippen LogP contribution in [-0.2, 0) is 32.9 Å². The van der Waals surface area contributed by atoms with Crippen LogP contribution in [-0.4, -0.2) is 53.3 Å². The van der Waals surface area contributed by atoms with Crippen molar-refractivity contribution in [3.05, 3.63) is 85.1 Å². The van der Waals surface area contributed by atoms with Crippen molar-refractivity contribution in [1.29, 1.82) is 0 Å². The van der Waals surface area contributed by atoms with Crippen LogP contribution >= 0.6 is 7.82 Å². The Bertz CT molecular complexity index is 1190. The van der Waals surface area contributed by atoms with Crippen LogP contribution in [0.25, 0.3) is 0 Å². The van der Waals surface area contributed by atoms with Crippen LogP contribution in [0.4, 0.5) is 0 Å². The summed E-state index contributed by atoms with van der Waals surface area (Å²) < 4.78 is 31.9. The SMILES string of the molecule is CC/C=C\CC1OC1C/C=C\C/C=C\C/C=C\C/C=C\CCC(=O)OC[C@H](COP(=O)(O)O)OC(=O)CCCCCCC/C=C\C=C/CCCCCC. The summed E-state index contributed by atoms with van der Waals surface area (Å²) in [4.78, 5) is 42.8.